The number of hydrogen-bond acceptors (Lipinski definition) is 4. The van der Waals surface area contributed by atoms with Crippen LogP contribution in [-0.2, 0) is 22.6 Å². The van der Waals surface area contributed by atoms with Crippen molar-refractivity contribution in [2.75, 3.05) is 14.2 Å². The number of fused-ring (bicyclic) bond motifs is 3. The second-order valence-corrected chi connectivity index (χ2v) is 7.02. The Morgan fingerprint density at radius 3 is 2.82 bits per heavy atom. The number of unbranched alkanes of at least 4 members (excludes halogenated alkanes) is 2. The van der Waals surface area contributed by atoms with Gasteiger partial charge in [0.15, 0.2) is 5.52 Å². The number of imidazole rings is 1. The first-order valence-corrected chi connectivity index (χ1v) is 9.87. The first-order chi connectivity index (χ1) is 13.6. The molecule has 3 aromatic rings. The number of nitrogens with zero attached hydrogens (tertiary/aromatic N) is 4. The molecule has 0 fully saturated rings. The Hall–Kier alpha value is -2.67. The van der Waals surface area contributed by atoms with E-state index in [1.807, 2.05) is 24.3 Å². The van der Waals surface area contributed by atoms with Gasteiger partial charge in [-0.05, 0) is 25.3 Å². The Balaban J connectivity index is 1.80. The normalized spacial score (nSPS) is 11.4. The van der Waals surface area contributed by atoms with Crippen LogP contribution in [0.2, 0.25) is 0 Å². The minimum atomic E-state index is -0.00625. The van der Waals surface area contributed by atoms with E-state index in [-0.39, 0.29) is 5.91 Å². The lowest BCUT2D eigenvalue weighted by molar-refractivity contribution is -0.575. The van der Waals surface area contributed by atoms with Gasteiger partial charge in [0, 0.05) is 32.5 Å². The zero-order valence-corrected chi connectivity index (χ0v) is 16.9. The van der Waals surface area contributed by atoms with Crippen LogP contribution in [0.25, 0.3) is 21.9 Å². The molecule has 7 nitrogen and oxygen atoms in total. The number of hydroxylamine groups is 2. The Morgan fingerprint density at radius 2 is 2.07 bits per heavy atom. The van der Waals surface area contributed by atoms with E-state index in [1.165, 1.54) is 12.2 Å². The van der Waals surface area contributed by atoms with Crippen molar-refractivity contribution in [3.63, 3.8) is 0 Å². The zero-order chi connectivity index (χ0) is 20.1. The van der Waals surface area contributed by atoms with Crippen LogP contribution in [0, 0.1) is 5.21 Å². The van der Waals surface area contributed by atoms with Crippen LogP contribution in [-0.4, -0.2) is 34.7 Å². The number of aryl methyl sites for hydroxylation is 2. The molecule has 0 atom stereocenters. The quantitative estimate of drug-likeness (QED) is 0.245. The summed E-state index contributed by atoms with van der Waals surface area (Å²) in [4.78, 5) is 21.5. The standard InChI is InChI=1S/C21H28N4O3/c1-4-10-19-22-17-15-25(27)18-12-8-7-11-16(18)21(17)24(19)14-9-5-6-13-20(26)23(2)28-3/h7-8,11-12,15H,4-6,9-10,13-14H2,1-3H3. The van der Waals surface area contributed by atoms with Crippen molar-refractivity contribution in [2.45, 2.75) is 52.0 Å². The van der Waals surface area contributed by atoms with Crippen molar-refractivity contribution < 1.29 is 14.4 Å². The summed E-state index contributed by atoms with van der Waals surface area (Å²) in [5, 5.41) is 14.5. The number of benzene rings is 1. The molecule has 0 aliphatic heterocycles. The number of aromatic nitrogens is 3. The number of carbonyl (C=O) groups is 1. The number of pyridine rings is 1. The van der Waals surface area contributed by atoms with Gasteiger partial charge in [0.2, 0.25) is 17.6 Å². The second kappa shape index (κ2) is 9.01. The number of amides is 1. The second-order valence-electron chi connectivity index (χ2n) is 7.02. The molecule has 0 bridgehead atoms. The van der Waals surface area contributed by atoms with Gasteiger partial charge >= 0.3 is 0 Å². The predicted molar refractivity (Wildman–Crippen MR) is 108 cm³/mol. The monoisotopic (exact) mass is 384 g/mol. The van der Waals surface area contributed by atoms with Crippen molar-refractivity contribution in [2.24, 2.45) is 0 Å². The first kappa shape index (κ1) is 20.1. The Bertz CT molecular complexity index is 967. The first-order valence-electron chi connectivity index (χ1n) is 9.87. The number of rotatable bonds is 9. The molecule has 7 heteroatoms. The smallest absolute Gasteiger partial charge is 0.245 e. The fourth-order valence-electron chi connectivity index (χ4n) is 3.58. The molecule has 0 aliphatic rings. The average Bonchev–Trinajstić information content (AvgIpc) is 3.04. The van der Waals surface area contributed by atoms with E-state index >= 15 is 0 Å². The lowest BCUT2D eigenvalue weighted by atomic mass is 10.1. The van der Waals surface area contributed by atoms with E-state index in [0.717, 1.165) is 65.6 Å². The summed E-state index contributed by atoms with van der Waals surface area (Å²) in [7, 11) is 3.12. The van der Waals surface area contributed by atoms with E-state index < -0.39 is 0 Å². The number of hydrogen-bond donors (Lipinski definition) is 0. The summed E-state index contributed by atoms with van der Waals surface area (Å²) >= 11 is 0. The average molecular weight is 384 g/mol. The maximum Gasteiger partial charge on any atom is 0.245 e. The largest absolute Gasteiger partial charge is 0.618 e. The van der Waals surface area contributed by atoms with Crippen LogP contribution in [0.1, 0.15) is 44.9 Å². The van der Waals surface area contributed by atoms with Crippen molar-refractivity contribution in [3.8, 4) is 0 Å². The lowest BCUT2D eigenvalue weighted by Crippen LogP contribution is -2.26. The highest BCUT2D eigenvalue weighted by molar-refractivity contribution is 6.00. The molecular formula is C21H28N4O3. The maximum atomic E-state index is 12.3. The molecule has 0 saturated carbocycles. The van der Waals surface area contributed by atoms with Gasteiger partial charge in [0.1, 0.15) is 5.82 Å². The van der Waals surface area contributed by atoms with Gasteiger partial charge < -0.3 is 9.77 Å². The zero-order valence-electron chi connectivity index (χ0n) is 16.9. The minimum Gasteiger partial charge on any atom is -0.618 e. The topological polar surface area (TPSA) is 74.3 Å². The molecule has 1 aromatic carbocycles. The van der Waals surface area contributed by atoms with E-state index in [0.29, 0.717) is 11.9 Å². The third kappa shape index (κ3) is 4.09. The van der Waals surface area contributed by atoms with E-state index in [4.69, 9.17) is 9.82 Å². The third-order valence-electron chi connectivity index (χ3n) is 5.08. The lowest BCUT2D eigenvalue weighted by Gasteiger charge is -2.13. The molecule has 150 valence electrons. The summed E-state index contributed by atoms with van der Waals surface area (Å²) < 4.78 is 3.16. The molecule has 3 rings (SSSR count). The molecule has 2 aromatic heterocycles. The molecule has 0 radical (unpaired) electrons. The molecule has 2 heterocycles. The van der Waals surface area contributed by atoms with Crippen molar-refractivity contribution in [1.82, 2.24) is 14.6 Å². The van der Waals surface area contributed by atoms with Gasteiger partial charge in [-0.25, -0.2) is 10.0 Å². The van der Waals surface area contributed by atoms with Crippen molar-refractivity contribution in [1.29, 1.82) is 0 Å². The van der Waals surface area contributed by atoms with Gasteiger partial charge in [-0.1, -0.05) is 25.5 Å². The highest BCUT2D eigenvalue weighted by Gasteiger charge is 2.18. The summed E-state index contributed by atoms with van der Waals surface area (Å²) in [5.74, 6) is 1.01. The fourth-order valence-corrected chi connectivity index (χ4v) is 3.58. The number of carbonyl (C=O) groups excluding carboxylic acids is 1. The van der Waals surface area contributed by atoms with Crippen LogP contribution in [0.4, 0.5) is 0 Å². The Labute approximate surface area is 165 Å². The molecule has 28 heavy (non-hydrogen) atoms. The number of para-hydroxylation sites is 1. The van der Waals surface area contributed by atoms with Gasteiger partial charge in [-0.2, -0.15) is 4.73 Å². The molecule has 0 spiro atoms. The fraction of sp³-hybridized carbons (Fsp3) is 0.476. The summed E-state index contributed by atoms with van der Waals surface area (Å²) in [6, 6.07) is 7.66. The van der Waals surface area contributed by atoms with Gasteiger partial charge in [0.05, 0.1) is 18.0 Å². The van der Waals surface area contributed by atoms with E-state index in [9.17, 15) is 10.0 Å². The van der Waals surface area contributed by atoms with Crippen LogP contribution >= 0.6 is 0 Å². The van der Waals surface area contributed by atoms with Gasteiger partial charge in [-0.3, -0.25) is 9.63 Å². The van der Waals surface area contributed by atoms with Gasteiger partial charge in [0.25, 0.3) is 0 Å². The van der Waals surface area contributed by atoms with Crippen molar-refractivity contribution >= 4 is 27.8 Å². The van der Waals surface area contributed by atoms with Crippen LogP contribution in [0.15, 0.2) is 30.5 Å². The molecule has 0 N–H and O–H groups in total. The third-order valence-corrected chi connectivity index (χ3v) is 5.08. The maximum absolute atomic E-state index is 12.3. The van der Waals surface area contributed by atoms with Crippen LogP contribution in [0.5, 0.6) is 0 Å². The summed E-state index contributed by atoms with van der Waals surface area (Å²) in [6.07, 6.45) is 6.65. The van der Waals surface area contributed by atoms with Gasteiger partial charge in [-0.15, -0.1) is 0 Å². The van der Waals surface area contributed by atoms with Crippen LogP contribution in [0.3, 0.4) is 0 Å². The van der Waals surface area contributed by atoms with Crippen LogP contribution < -0.4 is 4.73 Å². The minimum absolute atomic E-state index is 0.00625. The summed E-state index contributed by atoms with van der Waals surface area (Å²) in [6.45, 7) is 2.96. The molecular weight excluding hydrogens is 356 g/mol. The SMILES string of the molecule is CCCc1nc2c[n+]([O-])c3ccccc3c2n1CCCCCC(=O)N(C)OC. The van der Waals surface area contributed by atoms with E-state index in [1.54, 1.807) is 13.2 Å². The van der Waals surface area contributed by atoms with E-state index in [2.05, 4.69) is 11.5 Å². The highest BCUT2D eigenvalue weighted by Crippen LogP contribution is 2.25. The predicted octanol–water partition coefficient (Wildman–Crippen LogP) is 3.36. The summed E-state index contributed by atoms with van der Waals surface area (Å²) in [5.41, 5.74) is 2.43. The Morgan fingerprint density at radius 1 is 1.29 bits per heavy atom. The molecule has 0 aliphatic carbocycles. The highest BCUT2D eigenvalue weighted by atomic mass is 16.7. The molecule has 1 amide bonds. The van der Waals surface area contributed by atoms with Crippen molar-refractivity contribution in [3.05, 3.63) is 41.5 Å². The molecule has 0 unspecified atom stereocenters. The Kier molecular flexibility index (Phi) is 6.46. The molecule has 0 saturated heterocycles.